The average Bonchev–Trinajstić information content (AvgIpc) is 3.36. The van der Waals surface area contributed by atoms with Gasteiger partial charge in [0.1, 0.15) is 12.1 Å². The fourth-order valence-corrected chi connectivity index (χ4v) is 5.44. The number of rotatable bonds is 13. The Labute approximate surface area is 245 Å². The van der Waals surface area contributed by atoms with E-state index in [9.17, 15) is 28.8 Å². The zero-order valence-electron chi connectivity index (χ0n) is 24.5. The van der Waals surface area contributed by atoms with Gasteiger partial charge in [-0.25, -0.2) is 0 Å². The van der Waals surface area contributed by atoms with Crippen molar-refractivity contribution in [2.75, 3.05) is 13.1 Å². The van der Waals surface area contributed by atoms with Crippen molar-refractivity contribution in [3.63, 3.8) is 0 Å². The van der Waals surface area contributed by atoms with Gasteiger partial charge in [-0.1, -0.05) is 52.0 Å². The minimum atomic E-state index is -0.923. The lowest BCUT2D eigenvalue weighted by Gasteiger charge is -2.27. The highest BCUT2D eigenvalue weighted by atomic mass is 16.2. The Hall–Kier alpha value is -4.34. The molecule has 222 valence electrons. The molecule has 0 saturated carbocycles. The molecule has 10 nitrogen and oxygen atoms in total. The van der Waals surface area contributed by atoms with Gasteiger partial charge >= 0.3 is 0 Å². The molecule has 0 aliphatic carbocycles. The van der Waals surface area contributed by atoms with E-state index in [1.165, 1.54) is 0 Å². The third kappa shape index (κ3) is 6.27. The first kappa shape index (κ1) is 30.6. The minimum absolute atomic E-state index is 0.0706. The fourth-order valence-electron chi connectivity index (χ4n) is 5.44. The van der Waals surface area contributed by atoms with Crippen LogP contribution in [0.1, 0.15) is 94.8 Å². The number of nitrogens with one attached hydrogen (secondary N) is 2. The number of carbonyl (C=O) groups excluding carboxylic acids is 6. The molecule has 0 bridgehead atoms. The van der Waals surface area contributed by atoms with Gasteiger partial charge in [-0.15, -0.1) is 0 Å². The molecule has 2 heterocycles. The molecule has 42 heavy (non-hydrogen) atoms. The molecule has 2 aromatic rings. The van der Waals surface area contributed by atoms with Crippen molar-refractivity contribution in [2.24, 2.45) is 11.8 Å². The molecule has 4 rings (SSSR count). The second-order valence-corrected chi connectivity index (χ2v) is 11.6. The summed E-state index contributed by atoms with van der Waals surface area (Å²) in [7, 11) is 0. The van der Waals surface area contributed by atoms with Gasteiger partial charge in [-0.3, -0.25) is 38.6 Å². The molecular weight excluding hydrogens is 536 g/mol. The van der Waals surface area contributed by atoms with Crippen LogP contribution < -0.4 is 10.6 Å². The van der Waals surface area contributed by atoms with E-state index in [-0.39, 0.29) is 11.8 Å². The van der Waals surface area contributed by atoms with Crippen molar-refractivity contribution in [1.82, 2.24) is 20.4 Å². The molecule has 6 amide bonds. The quantitative estimate of drug-likeness (QED) is 0.278. The molecule has 2 atom stereocenters. The number of benzene rings is 2. The van der Waals surface area contributed by atoms with Crippen molar-refractivity contribution in [1.29, 1.82) is 0 Å². The van der Waals surface area contributed by atoms with Gasteiger partial charge in [0.25, 0.3) is 23.6 Å². The molecule has 10 heteroatoms. The maximum Gasteiger partial charge on any atom is 0.262 e. The third-order valence-corrected chi connectivity index (χ3v) is 7.47. The lowest BCUT2D eigenvalue weighted by molar-refractivity contribution is -0.126. The van der Waals surface area contributed by atoms with Crippen molar-refractivity contribution in [3.8, 4) is 0 Å². The highest BCUT2D eigenvalue weighted by Crippen LogP contribution is 2.28. The van der Waals surface area contributed by atoms with Crippen LogP contribution in [-0.4, -0.2) is 70.4 Å². The fraction of sp³-hybridized carbons (Fsp3) is 0.438. The topological polar surface area (TPSA) is 133 Å². The Morgan fingerprint density at radius 2 is 0.857 bits per heavy atom. The minimum Gasteiger partial charge on any atom is -0.354 e. The second kappa shape index (κ2) is 13.1. The van der Waals surface area contributed by atoms with E-state index in [2.05, 4.69) is 10.6 Å². The summed E-state index contributed by atoms with van der Waals surface area (Å²) < 4.78 is 0. The molecule has 0 saturated heterocycles. The van der Waals surface area contributed by atoms with Crippen LogP contribution in [0, 0.1) is 11.8 Å². The first-order valence-corrected chi connectivity index (χ1v) is 14.5. The maximum absolute atomic E-state index is 13.1. The lowest BCUT2D eigenvalue weighted by Crippen LogP contribution is -2.50. The Bertz CT molecular complexity index is 1230. The average molecular weight is 575 g/mol. The number of carbonyl (C=O) groups is 6. The van der Waals surface area contributed by atoms with E-state index < -0.39 is 47.5 Å². The highest BCUT2D eigenvalue weighted by Gasteiger charge is 2.44. The molecular formula is C32H38N4O6. The highest BCUT2D eigenvalue weighted by molar-refractivity contribution is 6.23. The summed E-state index contributed by atoms with van der Waals surface area (Å²) in [5.41, 5.74) is 1.21. The molecule has 2 aliphatic rings. The number of fused-ring (bicyclic) bond motifs is 2. The maximum atomic E-state index is 13.1. The molecule has 2 unspecified atom stereocenters. The van der Waals surface area contributed by atoms with Gasteiger partial charge in [0.05, 0.1) is 22.3 Å². The first-order chi connectivity index (χ1) is 20.0. The van der Waals surface area contributed by atoms with Gasteiger partial charge in [-0.2, -0.15) is 0 Å². The number of unbranched alkanes of at least 4 members (excludes halogenated alkanes) is 1. The normalized spacial score (nSPS) is 15.8. The Morgan fingerprint density at radius 1 is 0.571 bits per heavy atom. The van der Waals surface area contributed by atoms with Gasteiger partial charge in [0.15, 0.2) is 0 Å². The van der Waals surface area contributed by atoms with E-state index in [0.29, 0.717) is 61.0 Å². The molecule has 0 fully saturated rings. The van der Waals surface area contributed by atoms with E-state index in [0.717, 1.165) is 9.80 Å². The van der Waals surface area contributed by atoms with Gasteiger partial charge < -0.3 is 10.6 Å². The zero-order chi connectivity index (χ0) is 30.6. The van der Waals surface area contributed by atoms with Crippen LogP contribution in [0.5, 0.6) is 0 Å². The first-order valence-electron chi connectivity index (χ1n) is 14.5. The van der Waals surface area contributed by atoms with Crippen molar-refractivity contribution < 1.29 is 28.8 Å². The van der Waals surface area contributed by atoms with Crippen LogP contribution in [0.3, 0.4) is 0 Å². The second-order valence-electron chi connectivity index (χ2n) is 11.6. The smallest absolute Gasteiger partial charge is 0.262 e. The zero-order valence-corrected chi connectivity index (χ0v) is 24.5. The van der Waals surface area contributed by atoms with E-state index in [4.69, 9.17) is 0 Å². The van der Waals surface area contributed by atoms with Crippen LogP contribution in [0.4, 0.5) is 0 Å². The predicted molar refractivity (Wildman–Crippen MR) is 156 cm³/mol. The Morgan fingerprint density at radius 3 is 1.12 bits per heavy atom. The van der Waals surface area contributed by atoms with Crippen LogP contribution in [0.15, 0.2) is 48.5 Å². The van der Waals surface area contributed by atoms with Crippen LogP contribution >= 0.6 is 0 Å². The summed E-state index contributed by atoms with van der Waals surface area (Å²) in [6.45, 7) is 8.29. The molecule has 2 aromatic carbocycles. The Balaban J connectivity index is 1.29. The van der Waals surface area contributed by atoms with Crippen LogP contribution in [0.25, 0.3) is 0 Å². The van der Waals surface area contributed by atoms with Gasteiger partial charge in [0, 0.05) is 13.1 Å². The predicted octanol–water partition coefficient (Wildman–Crippen LogP) is 3.42. The van der Waals surface area contributed by atoms with Gasteiger partial charge in [0.2, 0.25) is 11.8 Å². The summed E-state index contributed by atoms with van der Waals surface area (Å²) in [4.78, 5) is 80.3. The summed E-state index contributed by atoms with van der Waals surface area (Å²) in [5.74, 6) is -2.51. The standard InChI is InChI=1S/C32H38N4O6/c1-19(2)17-25(35-29(39)21-11-5-6-12-22(21)30(35)40)27(37)33-15-9-10-16-34-28(38)26(18-20(3)4)36-31(41)23-13-7-8-14-24(23)32(36)42/h5-8,11-14,19-20,25-26H,9-10,15-18H2,1-4H3,(H,33,37)(H,34,38). The van der Waals surface area contributed by atoms with Crippen molar-refractivity contribution >= 4 is 35.4 Å². The summed E-state index contributed by atoms with van der Waals surface area (Å²) in [6.07, 6.45) is 1.74. The largest absolute Gasteiger partial charge is 0.354 e. The Kier molecular flexibility index (Phi) is 9.55. The number of hydrogen-bond donors (Lipinski definition) is 2. The number of hydrogen-bond acceptors (Lipinski definition) is 6. The van der Waals surface area contributed by atoms with Crippen LogP contribution in [0.2, 0.25) is 0 Å². The molecule has 0 radical (unpaired) electrons. The number of nitrogens with zero attached hydrogens (tertiary/aromatic N) is 2. The SMILES string of the molecule is CC(C)CC(C(=O)NCCCCNC(=O)C(CC(C)C)N1C(=O)c2ccccc2C1=O)N1C(=O)c2ccccc2C1=O. The van der Waals surface area contributed by atoms with E-state index in [1.54, 1.807) is 48.5 Å². The number of amides is 6. The summed E-state index contributed by atoms with van der Waals surface area (Å²) in [5, 5.41) is 5.68. The summed E-state index contributed by atoms with van der Waals surface area (Å²) >= 11 is 0. The molecule has 0 spiro atoms. The van der Waals surface area contributed by atoms with E-state index in [1.807, 2.05) is 27.7 Å². The van der Waals surface area contributed by atoms with Crippen molar-refractivity contribution in [2.45, 2.75) is 65.5 Å². The van der Waals surface area contributed by atoms with Gasteiger partial charge in [-0.05, 0) is 61.8 Å². The van der Waals surface area contributed by atoms with Crippen LogP contribution in [-0.2, 0) is 9.59 Å². The number of imide groups is 2. The van der Waals surface area contributed by atoms with Crippen molar-refractivity contribution in [3.05, 3.63) is 70.8 Å². The monoisotopic (exact) mass is 574 g/mol. The molecule has 0 aromatic heterocycles. The van der Waals surface area contributed by atoms with E-state index >= 15 is 0 Å². The lowest BCUT2D eigenvalue weighted by atomic mass is 10.0. The molecule has 2 aliphatic heterocycles. The summed E-state index contributed by atoms with van der Waals surface area (Å²) in [6, 6.07) is 11.3. The third-order valence-electron chi connectivity index (χ3n) is 7.47. The molecule has 2 N–H and O–H groups in total.